The molecule has 0 saturated carbocycles. The summed E-state index contributed by atoms with van der Waals surface area (Å²) < 4.78 is 2.08. The predicted octanol–water partition coefficient (Wildman–Crippen LogP) is 4.12. The van der Waals surface area contributed by atoms with Crippen LogP contribution in [0.2, 0.25) is 5.02 Å². The summed E-state index contributed by atoms with van der Waals surface area (Å²) in [4.78, 5) is 0. The molecule has 0 aliphatic heterocycles. The molecule has 0 saturated heterocycles. The molecule has 0 amide bonds. The van der Waals surface area contributed by atoms with Gasteiger partial charge >= 0.3 is 0 Å². The van der Waals surface area contributed by atoms with Crippen molar-refractivity contribution in [3.63, 3.8) is 0 Å². The van der Waals surface area contributed by atoms with E-state index in [2.05, 4.69) is 26.9 Å². The molecule has 124 valence electrons. The molecule has 1 aromatic heterocycles. The minimum atomic E-state index is 0.178. The first-order valence-corrected chi connectivity index (χ1v) is 9.11. The van der Waals surface area contributed by atoms with Gasteiger partial charge in [-0.3, -0.25) is 4.57 Å². The average Bonchev–Trinajstić information content (AvgIpc) is 2.99. The van der Waals surface area contributed by atoms with Crippen molar-refractivity contribution in [2.24, 2.45) is 0 Å². The number of aromatic nitrogens is 3. The van der Waals surface area contributed by atoms with Crippen LogP contribution in [-0.2, 0) is 6.54 Å². The lowest BCUT2D eigenvalue weighted by molar-refractivity contribution is 0.296. The third-order valence-corrected chi connectivity index (χ3v) is 4.93. The maximum Gasteiger partial charge on any atom is 0.191 e. The Hall–Kier alpha value is -1.82. The Morgan fingerprint density at radius 2 is 1.75 bits per heavy atom. The Balaban J connectivity index is 1.97. The number of aliphatic hydroxyl groups excluding tert-OH is 1. The molecule has 0 aliphatic carbocycles. The second-order valence-electron chi connectivity index (χ2n) is 5.28. The van der Waals surface area contributed by atoms with Gasteiger partial charge in [-0.15, -0.1) is 10.2 Å². The number of benzene rings is 2. The molecule has 2 aromatic carbocycles. The fourth-order valence-electron chi connectivity index (χ4n) is 2.37. The third kappa shape index (κ3) is 3.98. The summed E-state index contributed by atoms with van der Waals surface area (Å²) in [5.41, 5.74) is 2.05. The fourth-order valence-corrected chi connectivity index (χ4v) is 3.46. The van der Waals surface area contributed by atoms with Crippen LogP contribution in [0.15, 0.2) is 59.8 Å². The molecule has 1 N–H and O–H groups in total. The van der Waals surface area contributed by atoms with E-state index in [0.29, 0.717) is 11.6 Å². The quantitative estimate of drug-likeness (QED) is 0.509. The lowest BCUT2D eigenvalue weighted by Crippen LogP contribution is -2.04. The van der Waals surface area contributed by atoms with Crippen molar-refractivity contribution >= 4 is 23.4 Å². The number of halogens is 1. The zero-order valence-electron chi connectivity index (χ0n) is 13.1. The molecule has 3 aromatic rings. The summed E-state index contributed by atoms with van der Waals surface area (Å²) in [6.45, 7) is 0.854. The standard InChI is InChI=1S/C18H18ClN3OS/c19-16-10-5-4-9-15(16)17-20-21-18(24-12-6-11-23)22(17)13-14-7-2-1-3-8-14/h1-5,7-10,23H,6,11-13H2. The van der Waals surface area contributed by atoms with E-state index in [0.717, 1.165) is 28.7 Å². The zero-order valence-corrected chi connectivity index (χ0v) is 14.7. The van der Waals surface area contributed by atoms with Crippen LogP contribution < -0.4 is 0 Å². The predicted molar refractivity (Wildman–Crippen MR) is 98.4 cm³/mol. The second-order valence-corrected chi connectivity index (χ2v) is 6.75. The molecule has 1 heterocycles. The van der Waals surface area contributed by atoms with Crippen LogP contribution in [0.1, 0.15) is 12.0 Å². The molecule has 0 bridgehead atoms. The molecule has 24 heavy (non-hydrogen) atoms. The minimum Gasteiger partial charge on any atom is -0.396 e. The normalized spacial score (nSPS) is 10.9. The Labute approximate surface area is 150 Å². The number of rotatable bonds is 7. The smallest absolute Gasteiger partial charge is 0.191 e. The van der Waals surface area contributed by atoms with Gasteiger partial charge in [0.2, 0.25) is 0 Å². The minimum absolute atomic E-state index is 0.178. The van der Waals surface area contributed by atoms with Gasteiger partial charge in [-0.25, -0.2) is 0 Å². The topological polar surface area (TPSA) is 50.9 Å². The lowest BCUT2D eigenvalue weighted by atomic mass is 10.2. The SMILES string of the molecule is OCCCSc1nnc(-c2ccccc2Cl)n1Cc1ccccc1. The summed E-state index contributed by atoms with van der Waals surface area (Å²) in [5.74, 6) is 1.56. The van der Waals surface area contributed by atoms with Gasteiger partial charge in [-0.2, -0.15) is 0 Å². The van der Waals surface area contributed by atoms with E-state index in [4.69, 9.17) is 16.7 Å². The van der Waals surface area contributed by atoms with Gasteiger partial charge in [0.05, 0.1) is 11.6 Å². The average molecular weight is 360 g/mol. The maximum absolute atomic E-state index is 8.99. The first kappa shape index (κ1) is 17.0. The van der Waals surface area contributed by atoms with E-state index in [-0.39, 0.29) is 6.61 Å². The largest absolute Gasteiger partial charge is 0.396 e. The lowest BCUT2D eigenvalue weighted by Gasteiger charge is -2.11. The van der Waals surface area contributed by atoms with Crippen molar-refractivity contribution in [3.8, 4) is 11.4 Å². The molecule has 4 nitrogen and oxygen atoms in total. The number of hydrogen-bond donors (Lipinski definition) is 1. The van der Waals surface area contributed by atoms with Crippen LogP contribution in [0.4, 0.5) is 0 Å². The van der Waals surface area contributed by atoms with Crippen molar-refractivity contribution in [1.29, 1.82) is 0 Å². The summed E-state index contributed by atoms with van der Waals surface area (Å²) >= 11 is 7.95. The first-order chi connectivity index (χ1) is 11.8. The number of nitrogens with zero attached hydrogens (tertiary/aromatic N) is 3. The molecule has 0 unspecified atom stereocenters. The van der Waals surface area contributed by atoms with E-state index in [1.54, 1.807) is 11.8 Å². The van der Waals surface area contributed by atoms with Crippen molar-refractivity contribution in [3.05, 3.63) is 65.2 Å². The van der Waals surface area contributed by atoms with Crippen molar-refractivity contribution in [2.45, 2.75) is 18.1 Å². The monoisotopic (exact) mass is 359 g/mol. The molecule has 3 rings (SSSR count). The second kappa shape index (κ2) is 8.33. The van der Waals surface area contributed by atoms with Gasteiger partial charge in [0.15, 0.2) is 11.0 Å². The summed E-state index contributed by atoms with van der Waals surface area (Å²) in [6, 6.07) is 17.9. The third-order valence-electron chi connectivity index (χ3n) is 3.55. The number of thioether (sulfide) groups is 1. The van der Waals surface area contributed by atoms with Gasteiger partial charge in [0.25, 0.3) is 0 Å². The first-order valence-electron chi connectivity index (χ1n) is 7.75. The van der Waals surface area contributed by atoms with E-state index >= 15 is 0 Å². The van der Waals surface area contributed by atoms with Gasteiger partial charge in [-0.1, -0.05) is 65.8 Å². The van der Waals surface area contributed by atoms with E-state index in [1.807, 2.05) is 42.5 Å². The fraction of sp³-hybridized carbons (Fsp3) is 0.222. The molecular weight excluding hydrogens is 342 g/mol. The summed E-state index contributed by atoms with van der Waals surface area (Å²) in [5, 5.41) is 19.2. The molecular formula is C18H18ClN3OS. The van der Waals surface area contributed by atoms with Crippen LogP contribution in [0, 0.1) is 0 Å². The Morgan fingerprint density at radius 1 is 1.00 bits per heavy atom. The summed E-state index contributed by atoms with van der Waals surface area (Å²) in [7, 11) is 0. The van der Waals surface area contributed by atoms with Gasteiger partial charge in [-0.05, 0) is 24.1 Å². The Bertz CT molecular complexity index is 792. The highest BCUT2D eigenvalue weighted by Crippen LogP contribution is 2.30. The van der Waals surface area contributed by atoms with E-state index in [9.17, 15) is 0 Å². The highest BCUT2D eigenvalue weighted by atomic mass is 35.5. The highest BCUT2D eigenvalue weighted by Gasteiger charge is 2.16. The molecule has 0 atom stereocenters. The molecule has 6 heteroatoms. The Morgan fingerprint density at radius 3 is 2.50 bits per heavy atom. The maximum atomic E-state index is 8.99. The van der Waals surface area contributed by atoms with Gasteiger partial charge < -0.3 is 5.11 Å². The van der Waals surface area contributed by atoms with Gasteiger partial charge in [0.1, 0.15) is 0 Å². The van der Waals surface area contributed by atoms with Crippen LogP contribution in [-0.4, -0.2) is 32.2 Å². The van der Waals surface area contributed by atoms with E-state index in [1.165, 1.54) is 5.56 Å². The summed E-state index contributed by atoms with van der Waals surface area (Å²) in [6.07, 6.45) is 0.726. The molecule has 0 aliphatic rings. The van der Waals surface area contributed by atoms with Crippen LogP contribution in [0.5, 0.6) is 0 Å². The molecule has 0 radical (unpaired) electrons. The van der Waals surface area contributed by atoms with Crippen molar-refractivity contribution < 1.29 is 5.11 Å². The molecule has 0 fully saturated rings. The van der Waals surface area contributed by atoms with Crippen molar-refractivity contribution in [1.82, 2.24) is 14.8 Å². The molecule has 0 spiro atoms. The van der Waals surface area contributed by atoms with Crippen molar-refractivity contribution in [2.75, 3.05) is 12.4 Å². The van der Waals surface area contributed by atoms with Crippen LogP contribution in [0.3, 0.4) is 0 Å². The zero-order chi connectivity index (χ0) is 16.8. The highest BCUT2D eigenvalue weighted by molar-refractivity contribution is 7.99. The van der Waals surface area contributed by atoms with Crippen LogP contribution >= 0.6 is 23.4 Å². The number of hydrogen-bond acceptors (Lipinski definition) is 4. The van der Waals surface area contributed by atoms with Crippen LogP contribution in [0.25, 0.3) is 11.4 Å². The number of aliphatic hydroxyl groups is 1. The van der Waals surface area contributed by atoms with E-state index < -0.39 is 0 Å². The Kier molecular flexibility index (Phi) is 5.91. The van der Waals surface area contributed by atoms with Gasteiger partial charge in [0, 0.05) is 17.9 Å².